The molecule has 0 radical (unpaired) electrons. The summed E-state index contributed by atoms with van der Waals surface area (Å²) in [7, 11) is 0. The number of amides is 2. The van der Waals surface area contributed by atoms with E-state index in [-0.39, 0.29) is 23.2 Å². The van der Waals surface area contributed by atoms with Crippen LogP contribution >= 0.6 is 0 Å². The Morgan fingerprint density at radius 2 is 1.63 bits per heavy atom. The third kappa shape index (κ3) is 1.99. The summed E-state index contributed by atoms with van der Waals surface area (Å²) in [4.78, 5) is 36.9. The minimum absolute atomic E-state index is 0.148. The summed E-state index contributed by atoms with van der Waals surface area (Å²) in [6.07, 6.45) is 8.73. The van der Waals surface area contributed by atoms with Gasteiger partial charge in [-0.25, -0.2) is 15.0 Å². The highest BCUT2D eigenvalue weighted by Gasteiger charge is 2.37. The molecule has 0 saturated heterocycles. The van der Waals surface area contributed by atoms with Crippen LogP contribution in [0, 0.1) is 0 Å². The van der Waals surface area contributed by atoms with Crippen LogP contribution < -0.4 is 0 Å². The first-order valence-corrected chi connectivity index (χ1v) is 5.90. The zero-order valence-corrected chi connectivity index (χ0v) is 10.1. The van der Waals surface area contributed by atoms with Crippen molar-refractivity contribution in [3.8, 4) is 0 Å². The second-order valence-electron chi connectivity index (χ2n) is 4.17. The molecule has 0 unspecified atom stereocenters. The van der Waals surface area contributed by atoms with Crippen LogP contribution in [0.1, 0.15) is 27.4 Å². The number of carbonyl (C=O) groups excluding carboxylic acids is 2. The fourth-order valence-electron chi connectivity index (χ4n) is 2.03. The molecule has 0 atom stereocenters. The molecule has 19 heavy (non-hydrogen) atoms. The van der Waals surface area contributed by atoms with Crippen molar-refractivity contribution in [1.82, 2.24) is 24.4 Å². The molecule has 7 heteroatoms. The standard InChI is InChI=1S/C12H11N5O2/c18-11-9-10(15-3-2-14-9)12(19)17(11)6-1-5-16-7-4-13-8-16/h2-4,7-8H,1,5-6H2. The number of hydrogen-bond acceptors (Lipinski definition) is 5. The second-order valence-corrected chi connectivity index (χ2v) is 4.17. The molecular formula is C12H11N5O2. The van der Waals surface area contributed by atoms with Gasteiger partial charge in [0.1, 0.15) is 0 Å². The molecule has 1 aliphatic rings. The fourth-order valence-corrected chi connectivity index (χ4v) is 2.03. The Morgan fingerprint density at radius 3 is 2.21 bits per heavy atom. The van der Waals surface area contributed by atoms with Gasteiger partial charge in [0.15, 0.2) is 11.4 Å². The molecule has 96 valence electrons. The van der Waals surface area contributed by atoms with Crippen molar-refractivity contribution in [1.29, 1.82) is 0 Å². The van der Waals surface area contributed by atoms with Gasteiger partial charge < -0.3 is 4.57 Å². The normalized spacial score (nSPS) is 14.0. The smallest absolute Gasteiger partial charge is 0.281 e. The third-order valence-electron chi connectivity index (χ3n) is 2.95. The molecule has 0 aromatic carbocycles. The second kappa shape index (κ2) is 4.60. The van der Waals surface area contributed by atoms with Crippen molar-refractivity contribution >= 4 is 11.8 Å². The van der Waals surface area contributed by atoms with Crippen LogP contribution in [0.25, 0.3) is 0 Å². The van der Waals surface area contributed by atoms with Crippen LogP contribution in [0.15, 0.2) is 31.1 Å². The first kappa shape index (κ1) is 11.5. The fraction of sp³-hybridized carbons (Fsp3) is 0.250. The van der Waals surface area contributed by atoms with Crippen LogP contribution in [0.2, 0.25) is 0 Å². The van der Waals surface area contributed by atoms with E-state index in [2.05, 4.69) is 15.0 Å². The van der Waals surface area contributed by atoms with Gasteiger partial charge >= 0.3 is 0 Å². The third-order valence-corrected chi connectivity index (χ3v) is 2.95. The minimum Gasteiger partial charge on any atom is -0.337 e. The Hall–Kier alpha value is -2.57. The van der Waals surface area contributed by atoms with Crippen LogP contribution in [-0.2, 0) is 6.54 Å². The van der Waals surface area contributed by atoms with Gasteiger partial charge in [-0.1, -0.05) is 0 Å². The SMILES string of the molecule is O=C1c2nccnc2C(=O)N1CCCn1ccnc1. The number of carbonyl (C=O) groups is 2. The first-order chi connectivity index (χ1) is 9.27. The maximum Gasteiger partial charge on any atom is 0.281 e. The van der Waals surface area contributed by atoms with E-state index in [0.29, 0.717) is 19.5 Å². The van der Waals surface area contributed by atoms with Crippen molar-refractivity contribution < 1.29 is 9.59 Å². The number of imide groups is 1. The van der Waals surface area contributed by atoms with E-state index in [0.717, 1.165) is 0 Å². The van der Waals surface area contributed by atoms with Crippen LogP contribution in [-0.4, -0.2) is 42.8 Å². The molecule has 0 spiro atoms. The lowest BCUT2D eigenvalue weighted by atomic mass is 10.3. The van der Waals surface area contributed by atoms with E-state index in [4.69, 9.17) is 0 Å². The predicted molar refractivity (Wildman–Crippen MR) is 64.2 cm³/mol. The van der Waals surface area contributed by atoms with Gasteiger partial charge in [0, 0.05) is 37.9 Å². The number of fused-ring (bicyclic) bond motifs is 1. The van der Waals surface area contributed by atoms with Crippen LogP contribution in [0.3, 0.4) is 0 Å². The Morgan fingerprint density at radius 1 is 0.947 bits per heavy atom. The topological polar surface area (TPSA) is 81.0 Å². The van der Waals surface area contributed by atoms with Gasteiger partial charge in [-0.15, -0.1) is 0 Å². The van der Waals surface area contributed by atoms with Crippen molar-refractivity contribution in [2.45, 2.75) is 13.0 Å². The van der Waals surface area contributed by atoms with Crippen molar-refractivity contribution in [3.63, 3.8) is 0 Å². The monoisotopic (exact) mass is 257 g/mol. The van der Waals surface area contributed by atoms with E-state index in [9.17, 15) is 9.59 Å². The summed E-state index contributed by atoms with van der Waals surface area (Å²) in [5.74, 6) is -0.725. The van der Waals surface area contributed by atoms with Gasteiger partial charge in [0.2, 0.25) is 0 Å². The molecule has 0 N–H and O–H groups in total. The average molecular weight is 257 g/mol. The quantitative estimate of drug-likeness (QED) is 0.739. The lowest BCUT2D eigenvalue weighted by molar-refractivity contribution is 0.0647. The number of imidazole rings is 1. The summed E-state index contributed by atoms with van der Waals surface area (Å²) in [6, 6.07) is 0. The van der Waals surface area contributed by atoms with E-state index in [1.54, 1.807) is 12.5 Å². The highest BCUT2D eigenvalue weighted by molar-refractivity contribution is 6.19. The molecule has 3 rings (SSSR count). The molecule has 0 aliphatic carbocycles. The summed E-state index contributed by atoms with van der Waals surface area (Å²) < 4.78 is 1.90. The highest BCUT2D eigenvalue weighted by atomic mass is 16.2. The number of hydrogen-bond donors (Lipinski definition) is 0. The van der Waals surface area contributed by atoms with Gasteiger partial charge in [-0.05, 0) is 6.42 Å². The average Bonchev–Trinajstić information content (AvgIpc) is 3.02. The van der Waals surface area contributed by atoms with E-state index in [1.165, 1.54) is 17.3 Å². The van der Waals surface area contributed by atoms with Gasteiger partial charge in [-0.2, -0.15) is 0 Å². The lowest BCUT2D eigenvalue weighted by Gasteiger charge is -2.12. The maximum atomic E-state index is 12.0. The molecule has 3 heterocycles. The largest absolute Gasteiger partial charge is 0.337 e. The number of aryl methyl sites for hydroxylation is 1. The summed E-state index contributed by atoms with van der Waals surface area (Å²) in [5, 5.41) is 0. The lowest BCUT2D eigenvalue weighted by Crippen LogP contribution is -2.31. The zero-order valence-electron chi connectivity index (χ0n) is 10.1. The predicted octanol–water partition coefficient (Wildman–Crippen LogP) is 0.359. The molecule has 2 aromatic heterocycles. The minimum atomic E-state index is -0.362. The summed E-state index contributed by atoms with van der Waals surface area (Å²) >= 11 is 0. The van der Waals surface area contributed by atoms with E-state index >= 15 is 0 Å². The first-order valence-electron chi connectivity index (χ1n) is 5.90. The molecule has 0 bridgehead atoms. The number of nitrogens with zero attached hydrogens (tertiary/aromatic N) is 5. The molecule has 0 fully saturated rings. The number of rotatable bonds is 4. The molecular weight excluding hydrogens is 246 g/mol. The van der Waals surface area contributed by atoms with Crippen LogP contribution in [0.4, 0.5) is 0 Å². The summed E-state index contributed by atoms with van der Waals surface area (Å²) in [6.45, 7) is 1.06. The molecule has 7 nitrogen and oxygen atoms in total. The Bertz CT molecular complexity index is 588. The maximum absolute atomic E-state index is 12.0. The van der Waals surface area contributed by atoms with Gasteiger partial charge in [-0.3, -0.25) is 14.5 Å². The molecule has 2 aromatic rings. The number of aromatic nitrogens is 4. The van der Waals surface area contributed by atoms with Crippen molar-refractivity contribution in [2.24, 2.45) is 0 Å². The molecule has 1 aliphatic heterocycles. The Labute approximate surface area is 108 Å². The van der Waals surface area contributed by atoms with Crippen LogP contribution in [0.5, 0.6) is 0 Å². The Balaban J connectivity index is 1.67. The Kier molecular flexibility index (Phi) is 2.79. The van der Waals surface area contributed by atoms with Crippen molar-refractivity contribution in [2.75, 3.05) is 6.54 Å². The zero-order chi connectivity index (χ0) is 13.2. The molecule has 2 amide bonds. The highest BCUT2D eigenvalue weighted by Crippen LogP contribution is 2.18. The van der Waals surface area contributed by atoms with Gasteiger partial charge in [0.05, 0.1) is 6.33 Å². The van der Waals surface area contributed by atoms with E-state index in [1.807, 2.05) is 10.8 Å². The molecule has 0 saturated carbocycles. The van der Waals surface area contributed by atoms with Gasteiger partial charge in [0.25, 0.3) is 11.8 Å². The van der Waals surface area contributed by atoms with Crippen molar-refractivity contribution in [3.05, 3.63) is 42.5 Å². The summed E-state index contributed by atoms with van der Waals surface area (Å²) in [5.41, 5.74) is 0.297. The van der Waals surface area contributed by atoms with E-state index < -0.39 is 0 Å².